The minimum atomic E-state index is -1.62. The first-order chi connectivity index (χ1) is 19.9. The summed E-state index contributed by atoms with van der Waals surface area (Å²) in [6, 6.07) is 2.26. The van der Waals surface area contributed by atoms with E-state index in [0.29, 0.717) is 23.7 Å². The summed E-state index contributed by atoms with van der Waals surface area (Å²) in [4.78, 5) is 51.6. The molecule has 2 aromatic rings. The largest absolute Gasteiger partial charge is 0.462 e. The van der Waals surface area contributed by atoms with Gasteiger partial charge in [0.15, 0.2) is 11.5 Å². The topological polar surface area (TPSA) is 105 Å². The average molecular weight is 697 g/mol. The minimum Gasteiger partial charge on any atom is -0.462 e. The van der Waals surface area contributed by atoms with Crippen LogP contribution >= 0.6 is 69.6 Å². The van der Waals surface area contributed by atoms with Gasteiger partial charge in [-0.2, -0.15) is 0 Å². The third-order valence-electron chi connectivity index (χ3n) is 8.88. The lowest BCUT2D eigenvalue weighted by Crippen LogP contribution is -2.52. The van der Waals surface area contributed by atoms with Crippen LogP contribution in [0.15, 0.2) is 12.1 Å². The van der Waals surface area contributed by atoms with Crippen molar-refractivity contribution < 1.29 is 38.1 Å². The third kappa shape index (κ3) is 5.22. The van der Waals surface area contributed by atoms with Gasteiger partial charge in [0.05, 0.1) is 43.3 Å². The Balaban J connectivity index is 1.19. The second kappa shape index (κ2) is 11.5. The number of benzene rings is 2. The Morgan fingerprint density at radius 2 is 0.905 bits per heavy atom. The van der Waals surface area contributed by atoms with Crippen molar-refractivity contribution in [3.8, 4) is 11.5 Å². The van der Waals surface area contributed by atoms with Crippen LogP contribution in [0.3, 0.4) is 0 Å². The number of hydrogen-bond acceptors (Lipinski definition) is 8. The molecule has 6 aliphatic rings. The zero-order valence-electron chi connectivity index (χ0n) is 21.4. The van der Waals surface area contributed by atoms with Crippen molar-refractivity contribution in [2.24, 2.45) is 35.5 Å². The molecule has 42 heavy (non-hydrogen) atoms. The van der Waals surface area contributed by atoms with E-state index in [1.165, 1.54) is 0 Å². The van der Waals surface area contributed by atoms with Crippen LogP contribution in [0.1, 0.15) is 46.4 Å². The number of halogens is 6. The van der Waals surface area contributed by atoms with E-state index in [2.05, 4.69) is 0 Å². The molecule has 0 N–H and O–H groups in total. The van der Waals surface area contributed by atoms with E-state index >= 15 is 0 Å². The summed E-state index contributed by atoms with van der Waals surface area (Å²) >= 11 is 37.1. The summed E-state index contributed by atoms with van der Waals surface area (Å²) in [6.45, 7) is 0.307. The molecule has 0 aliphatic heterocycles. The van der Waals surface area contributed by atoms with Gasteiger partial charge >= 0.3 is 23.9 Å². The van der Waals surface area contributed by atoms with Crippen molar-refractivity contribution in [1.82, 2.24) is 0 Å². The molecule has 0 saturated heterocycles. The van der Waals surface area contributed by atoms with Gasteiger partial charge in [-0.05, 0) is 73.3 Å². The van der Waals surface area contributed by atoms with Gasteiger partial charge in [-0.25, -0.2) is 19.2 Å². The lowest BCUT2D eigenvalue weighted by atomic mass is 9.48. The summed E-state index contributed by atoms with van der Waals surface area (Å²) in [5, 5.41) is -1.38. The van der Waals surface area contributed by atoms with Gasteiger partial charge in [0.25, 0.3) is 0 Å². The monoisotopic (exact) mass is 694 g/mol. The Bertz CT molecular complexity index is 1400. The molecule has 0 atom stereocenters. The summed E-state index contributed by atoms with van der Waals surface area (Å²) in [7, 11) is 0. The number of rotatable bonds is 8. The summed E-state index contributed by atoms with van der Waals surface area (Å²) < 4.78 is 21.1. The maximum absolute atomic E-state index is 13.0. The number of ether oxygens (including phenoxy) is 4. The maximum atomic E-state index is 13.0. The quantitative estimate of drug-likeness (QED) is 0.119. The predicted molar refractivity (Wildman–Crippen MR) is 154 cm³/mol. The molecule has 2 aromatic carbocycles. The summed E-state index contributed by atoms with van der Waals surface area (Å²) in [5.41, 5.74) is -0.872. The lowest BCUT2D eigenvalue weighted by molar-refractivity contribution is -0.156. The first kappa shape index (κ1) is 30.1. The standard InChI is InChI=1S/C28H20Cl6O8/c29-15-5-17(31)23(19(21(15)33)25(35)39-7-13-9-1-10(13)2-9)41-27(37)28(38)42-24-18(32)6-16(30)22(34)20(24)26(36)40-8-14-11-3-12(14)4-11/h5-6,9-14H,1-4,7-8H2. The fourth-order valence-corrected chi connectivity index (χ4v) is 7.26. The molecule has 6 saturated carbocycles. The molecule has 222 valence electrons. The van der Waals surface area contributed by atoms with Crippen LogP contribution in [-0.2, 0) is 19.1 Å². The highest BCUT2D eigenvalue weighted by atomic mass is 35.5. The smallest absolute Gasteiger partial charge is 0.423 e. The van der Waals surface area contributed by atoms with Crippen molar-refractivity contribution in [3.63, 3.8) is 0 Å². The fraction of sp³-hybridized carbons (Fsp3) is 0.429. The minimum absolute atomic E-state index is 0.104. The van der Waals surface area contributed by atoms with Crippen LogP contribution < -0.4 is 9.47 Å². The Morgan fingerprint density at radius 1 is 0.571 bits per heavy atom. The molecule has 0 aromatic heterocycles. The molecule has 8 rings (SSSR count). The summed E-state index contributed by atoms with van der Waals surface area (Å²) in [5.74, 6) is -3.63. The van der Waals surface area contributed by atoms with Gasteiger partial charge in [0.1, 0.15) is 11.1 Å². The Morgan fingerprint density at radius 3 is 1.19 bits per heavy atom. The molecule has 4 bridgehead atoms. The SMILES string of the molecule is O=C(Oc1c(Cl)cc(Cl)c(Cl)c1C(=O)OCC1C2CC1C2)C(=O)Oc1c(Cl)cc(Cl)c(Cl)c1C(=O)OCC1C2CC1C2. The number of hydrogen-bond donors (Lipinski definition) is 0. The first-order valence-electron chi connectivity index (χ1n) is 13.1. The van der Waals surface area contributed by atoms with Gasteiger partial charge in [-0.15, -0.1) is 0 Å². The Kier molecular flexibility index (Phi) is 8.26. The molecule has 0 unspecified atom stereocenters. The van der Waals surface area contributed by atoms with Crippen molar-refractivity contribution in [2.75, 3.05) is 13.2 Å². The zero-order valence-corrected chi connectivity index (χ0v) is 25.9. The molecule has 6 aliphatic carbocycles. The molecular formula is C28H20Cl6O8. The van der Waals surface area contributed by atoms with Gasteiger partial charge in [-0.3, -0.25) is 0 Å². The fourth-order valence-electron chi connectivity index (χ4n) is 5.82. The van der Waals surface area contributed by atoms with Crippen LogP contribution in [0.25, 0.3) is 0 Å². The maximum Gasteiger partial charge on any atom is 0.423 e. The molecule has 0 heterocycles. The first-order valence-corrected chi connectivity index (χ1v) is 15.3. The van der Waals surface area contributed by atoms with E-state index < -0.39 is 46.5 Å². The van der Waals surface area contributed by atoms with Crippen LogP contribution in [0.4, 0.5) is 0 Å². The molecule has 0 amide bonds. The molecule has 8 nitrogen and oxygen atoms in total. The van der Waals surface area contributed by atoms with Crippen LogP contribution in [0.5, 0.6) is 11.5 Å². The second-order valence-electron chi connectivity index (χ2n) is 11.0. The van der Waals surface area contributed by atoms with E-state index in [1.807, 2.05) is 0 Å². The van der Waals surface area contributed by atoms with E-state index in [0.717, 1.165) is 37.8 Å². The highest BCUT2D eigenvalue weighted by molar-refractivity contribution is 6.47. The molecule has 14 heteroatoms. The van der Waals surface area contributed by atoms with Crippen LogP contribution in [0, 0.1) is 35.5 Å². The molecule has 0 spiro atoms. The summed E-state index contributed by atoms with van der Waals surface area (Å²) in [6.07, 6.45) is 4.45. The second-order valence-corrected chi connectivity index (χ2v) is 13.4. The van der Waals surface area contributed by atoms with Gasteiger partial charge in [0, 0.05) is 0 Å². The van der Waals surface area contributed by atoms with Crippen molar-refractivity contribution in [3.05, 3.63) is 53.4 Å². The van der Waals surface area contributed by atoms with Crippen molar-refractivity contribution in [1.29, 1.82) is 0 Å². The van der Waals surface area contributed by atoms with Crippen LogP contribution in [-0.4, -0.2) is 37.1 Å². The number of carbonyl (C=O) groups is 4. The van der Waals surface area contributed by atoms with Crippen LogP contribution in [0.2, 0.25) is 30.1 Å². The molecule has 0 radical (unpaired) electrons. The zero-order chi connectivity index (χ0) is 30.0. The predicted octanol–water partition coefficient (Wildman–Crippen LogP) is 7.74. The Labute approximate surface area is 269 Å². The third-order valence-corrected chi connectivity index (χ3v) is 11.0. The average Bonchev–Trinajstić information content (AvgIpc) is 2.82. The van der Waals surface area contributed by atoms with E-state index in [1.54, 1.807) is 0 Å². The van der Waals surface area contributed by atoms with Gasteiger partial charge in [0.2, 0.25) is 0 Å². The molecular weight excluding hydrogens is 677 g/mol. The van der Waals surface area contributed by atoms with Crippen molar-refractivity contribution >= 4 is 93.5 Å². The highest BCUT2D eigenvalue weighted by Gasteiger charge is 2.53. The highest BCUT2D eigenvalue weighted by Crippen LogP contribution is 2.59. The van der Waals surface area contributed by atoms with E-state index in [9.17, 15) is 19.2 Å². The normalized spacial score (nSPS) is 26.0. The lowest BCUT2D eigenvalue weighted by Gasteiger charge is -2.57. The van der Waals surface area contributed by atoms with Gasteiger partial charge < -0.3 is 18.9 Å². The number of esters is 4. The van der Waals surface area contributed by atoms with E-state index in [4.69, 9.17) is 88.6 Å². The number of carbonyl (C=O) groups excluding carboxylic acids is 4. The van der Waals surface area contributed by atoms with Crippen molar-refractivity contribution in [2.45, 2.75) is 25.7 Å². The van der Waals surface area contributed by atoms with Gasteiger partial charge in [-0.1, -0.05) is 69.6 Å². The molecule has 6 fully saturated rings. The Hall–Kier alpha value is -1.94. The van der Waals surface area contributed by atoms with E-state index in [-0.39, 0.29) is 55.2 Å².